The highest BCUT2D eigenvalue weighted by Gasteiger charge is 2.26. The first-order valence-electron chi connectivity index (χ1n) is 6.95. The Balaban J connectivity index is 1.98. The molecule has 21 heavy (non-hydrogen) atoms. The van der Waals surface area contributed by atoms with E-state index in [1.165, 1.54) is 0 Å². The van der Waals surface area contributed by atoms with Crippen molar-refractivity contribution >= 4 is 0 Å². The second kappa shape index (κ2) is 5.20. The molecule has 1 heterocycles. The van der Waals surface area contributed by atoms with Gasteiger partial charge >= 0.3 is 0 Å². The number of hydrogen-bond acceptors (Lipinski definition) is 4. The molecule has 0 radical (unpaired) electrons. The van der Waals surface area contributed by atoms with E-state index in [-0.39, 0.29) is 17.6 Å². The summed E-state index contributed by atoms with van der Waals surface area (Å²) in [6.45, 7) is 1.93. The van der Waals surface area contributed by atoms with Gasteiger partial charge in [0, 0.05) is 17.2 Å². The van der Waals surface area contributed by atoms with Crippen molar-refractivity contribution in [3.8, 4) is 23.0 Å². The molecule has 0 saturated carbocycles. The van der Waals surface area contributed by atoms with Gasteiger partial charge in [-0.1, -0.05) is 12.1 Å². The molecule has 1 unspecified atom stereocenters. The van der Waals surface area contributed by atoms with Crippen LogP contribution < -0.4 is 9.47 Å². The van der Waals surface area contributed by atoms with Gasteiger partial charge < -0.3 is 19.7 Å². The predicted molar refractivity (Wildman–Crippen MR) is 79.2 cm³/mol. The van der Waals surface area contributed by atoms with Crippen LogP contribution in [0.4, 0.5) is 0 Å². The van der Waals surface area contributed by atoms with E-state index in [1.807, 2.05) is 19.1 Å². The molecule has 0 aliphatic carbocycles. The first-order chi connectivity index (χ1) is 10.1. The highest BCUT2D eigenvalue weighted by molar-refractivity contribution is 5.57. The summed E-state index contributed by atoms with van der Waals surface area (Å²) in [5.41, 5.74) is 2.75. The summed E-state index contributed by atoms with van der Waals surface area (Å²) in [5, 5.41) is 19.5. The van der Waals surface area contributed by atoms with Crippen molar-refractivity contribution in [2.45, 2.75) is 25.9 Å². The van der Waals surface area contributed by atoms with Gasteiger partial charge in [0.1, 0.15) is 29.1 Å². The standard InChI is InChI=1S/C17H18O4/c1-10-16(20-2)9-14(19)13-7-8-15(21-17(10)13)11-3-5-12(18)6-4-11/h3-6,9,15,18-19H,7-8H2,1-2H3. The Kier molecular flexibility index (Phi) is 3.37. The fraction of sp³-hybridized carbons (Fsp3) is 0.294. The lowest BCUT2D eigenvalue weighted by atomic mass is 9.94. The van der Waals surface area contributed by atoms with Crippen LogP contribution in [-0.2, 0) is 6.42 Å². The van der Waals surface area contributed by atoms with Gasteiger partial charge in [-0.05, 0) is 37.5 Å². The lowest BCUT2D eigenvalue weighted by molar-refractivity contribution is 0.172. The summed E-state index contributed by atoms with van der Waals surface area (Å²) in [6.07, 6.45) is 1.46. The van der Waals surface area contributed by atoms with Crippen LogP contribution >= 0.6 is 0 Å². The van der Waals surface area contributed by atoms with Gasteiger partial charge in [-0.15, -0.1) is 0 Å². The first kappa shape index (κ1) is 13.6. The first-order valence-corrected chi connectivity index (χ1v) is 6.95. The average Bonchev–Trinajstić information content (AvgIpc) is 2.51. The minimum Gasteiger partial charge on any atom is -0.508 e. The summed E-state index contributed by atoms with van der Waals surface area (Å²) < 4.78 is 11.4. The Morgan fingerprint density at radius 3 is 2.57 bits per heavy atom. The molecule has 0 spiro atoms. The van der Waals surface area contributed by atoms with Gasteiger partial charge in [0.25, 0.3) is 0 Å². The maximum atomic E-state index is 10.1. The number of methoxy groups -OCH3 is 1. The van der Waals surface area contributed by atoms with Crippen molar-refractivity contribution in [2.24, 2.45) is 0 Å². The molecule has 4 nitrogen and oxygen atoms in total. The van der Waals surface area contributed by atoms with Crippen LogP contribution in [0.2, 0.25) is 0 Å². The molecule has 3 rings (SSSR count). The summed E-state index contributed by atoms with van der Waals surface area (Å²) in [6, 6.07) is 8.67. The topological polar surface area (TPSA) is 58.9 Å². The zero-order chi connectivity index (χ0) is 15.0. The predicted octanol–water partition coefficient (Wildman–Crippen LogP) is 3.48. The number of fused-ring (bicyclic) bond motifs is 1. The molecule has 1 aliphatic rings. The van der Waals surface area contributed by atoms with E-state index >= 15 is 0 Å². The Labute approximate surface area is 123 Å². The maximum absolute atomic E-state index is 10.1. The quantitative estimate of drug-likeness (QED) is 0.887. The van der Waals surface area contributed by atoms with Crippen molar-refractivity contribution in [3.63, 3.8) is 0 Å². The van der Waals surface area contributed by atoms with Gasteiger partial charge in [-0.25, -0.2) is 0 Å². The van der Waals surface area contributed by atoms with Gasteiger partial charge in [0.05, 0.1) is 7.11 Å². The number of benzene rings is 2. The number of phenolic OH excluding ortho intramolecular Hbond substituents is 2. The third-order valence-corrected chi connectivity index (χ3v) is 3.96. The largest absolute Gasteiger partial charge is 0.508 e. The van der Waals surface area contributed by atoms with Gasteiger partial charge in [0.2, 0.25) is 0 Å². The lowest BCUT2D eigenvalue weighted by Gasteiger charge is -2.29. The van der Waals surface area contributed by atoms with Crippen LogP contribution in [0, 0.1) is 6.92 Å². The highest BCUT2D eigenvalue weighted by Crippen LogP contribution is 2.45. The fourth-order valence-electron chi connectivity index (χ4n) is 2.79. The number of phenols is 2. The van der Waals surface area contributed by atoms with Crippen molar-refractivity contribution in [2.75, 3.05) is 7.11 Å². The highest BCUT2D eigenvalue weighted by atomic mass is 16.5. The molecular weight excluding hydrogens is 268 g/mol. The van der Waals surface area contributed by atoms with Crippen molar-refractivity contribution in [1.29, 1.82) is 0 Å². The molecule has 0 amide bonds. The molecule has 1 aliphatic heterocycles. The lowest BCUT2D eigenvalue weighted by Crippen LogP contribution is -2.16. The van der Waals surface area contributed by atoms with Crippen LogP contribution in [0.25, 0.3) is 0 Å². The third-order valence-electron chi connectivity index (χ3n) is 3.96. The summed E-state index contributed by atoms with van der Waals surface area (Å²) >= 11 is 0. The summed E-state index contributed by atoms with van der Waals surface area (Å²) in [4.78, 5) is 0. The maximum Gasteiger partial charge on any atom is 0.133 e. The van der Waals surface area contributed by atoms with Crippen molar-refractivity contribution in [1.82, 2.24) is 0 Å². The molecular formula is C17H18O4. The molecule has 2 N–H and O–H groups in total. The van der Waals surface area contributed by atoms with Gasteiger partial charge in [0.15, 0.2) is 0 Å². The van der Waals surface area contributed by atoms with E-state index in [2.05, 4.69) is 0 Å². The minimum absolute atomic E-state index is 0.0803. The molecule has 110 valence electrons. The van der Waals surface area contributed by atoms with E-state index in [0.717, 1.165) is 29.5 Å². The van der Waals surface area contributed by atoms with Gasteiger partial charge in [-0.3, -0.25) is 0 Å². The summed E-state index contributed by atoms with van der Waals surface area (Å²) in [5.74, 6) is 1.79. The Bertz CT molecular complexity index is 661. The number of aromatic hydroxyl groups is 2. The fourth-order valence-corrected chi connectivity index (χ4v) is 2.79. The third kappa shape index (κ3) is 2.37. The Hall–Kier alpha value is -2.36. The van der Waals surface area contributed by atoms with E-state index < -0.39 is 0 Å². The Morgan fingerprint density at radius 2 is 1.90 bits per heavy atom. The average molecular weight is 286 g/mol. The summed E-state index contributed by atoms with van der Waals surface area (Å²) in [7, 11) is 1.58. The molecule has 0 aromatic heterocycles. The van der Waals surface area contributed by atoms with E-state index in [9.17, 15) is 10.2 Å². The second-order valence-corrected chi connectivity index (χ2v) is 5.27. The minimum atomic E-state index is -0.0803. The van der Waals surface area contributed by atoms with Crippen molar-refractivity contribution < 1.29 is 19.7 Å². The van der Waals surface area contributed by atoms with E-state index in [1.54, 1.807) is 25.3 Å². The zero-order valence-corrected chi connectivity index (χ0v) is 12.1. The normalized spacial score (nSPS) is 17.0. The van der Waals surface area contributed by atoms with Crippen LogP contribution in [0.3, 0.4) is 0 Å². The molecule has 1 atom stereocenters. The number of hydrogen-bond donors (Lipinski definition) is 2. The number of rotatable bonds is 2. The van der Waals surface area contributed by atoms with Gasteiger partial charge in [-0.2, -0.15) is 0 Å². The SMILES string of the molecule is COc1cc(O)c2c(c1C)OC(c1ccc(O)cc1)CC2. The van der Waals surface area contributed by atoms with Crippen molar-refractivity contribution in [3.05, 3.63) is 47.0 Å². The molecule has 4 heteroatoms. The molecule has 0 bridgehead atoms. The number of ether oxygens (including phenoxy) is 2. The zero-order valence-electron chi connectivity index (χ0n) is 12.1. The van der Waals surface area contributed by atoms with E-state index in [0.29, 0.717) is 11.5 Å². The van der Waals surface area contributed by atoms with E-state index in [4.69, 9.17) is 9.47 Å². The van der Waals surface area contributed by atoms with Crippen LogP contribution in [0.15, 0.2) is 30.3 Å². The molecule has 2 aromatic rings. The molecule has 0 saturated heterocycles. The molecule has 0 fully saturated rings. The van der Waals surface area contributed by atoms with Crippen LogP contribution in [0.5, 0.6) is 23.0 Å². The molecule has 2 aromatic carbocycles. The monoisotopic (exact) mass is 286 g/mol. The second-order valence-electron chi connectivity index (χ2n) is 5.27. The van der Waals surface area contributed by atoms with Crippen LogP contribution in [0.1, 0.15) is 29.2 Å². The smallest absolute Gasteiger partial charge is 0.133 e. The van der Waals surface area contributed by atoms with Crippen LogP contribution in [-0.4, -0.2) is 17.3 Å². The Morgan fingerprint density at radius 1 is 1.19 bits per heavy atom.